The summed E-state index contributed by atoms with van der Waals surface area (Å²) in [6, 6.07) is 4.26. The van der Waals surface area contributed by atoms with Gasteiger partial charge in [-0.05, 0) is 58.2 Å². The van der Waals surface area contributed by atoms with Gasteiger partial charge in [-0.25, -0.2) is 8.42 Å². The fraction of sp³-hybridized carbons (Fsp3) is 0.643. The van der Waals surface area contributed by atoms with E-state index in [-0.39, 0.29) is 5.75 Å². The number of aryl methyl sites for hydroxylation is 2. The predicted molar refractivity (Wildman–Crippen MR) is 81.4 cm³/mol. The SMILES string of the molecule is Cc1ccc(NS(=O)(=O)CCCCNC2CC2)c(C)n1. The minimum Gasteiger partial charge on any atom is -0.314 e. The maximum absolute atomic E-state index is 12.0. The summed E-state index contributed by atoms with van der Waals surface area (Å²) in [4.78, 5) is 4.26. The summed E-state index contributed by atoms with van der Waals surface area (Å²) in [5.41, 5.74) is 2.17. The molecule has 1 saturated carbocycles. The third-order valence-electron chi connectivity index (χ3n) is 3.34. The molecule has 0 atom stereocenters. The number of nitrogens with one attached hydrogen (secondary N) is 2. The minimum atomic E-state index is -3.27. The average Bonchev–Trinajstić information content (AvgIpc) is 3.16. The maximum Gasteiger partial charge on any atom is 0.232 e. The van der Waals surface area contributed by atoms with E-state index in [1.165, 1.54) is 12.8 Å². The molecule has 0 aliphatic heterocycles. The van der Waals surface area contributed by atoms with Crippen molar-refractivity contribution in [2.75, 3.05) is 17.0 Å². The molecule has 112 valence electrons. The van der Waals surface area contributed by atoms with Crippen LogP contribution in [0.2, 0.25) is 0 Å². The summed E-state index contributed by atoms with van der Waals surface area (Å²) in [5, 5.41) is 3.38. The molecule has 1 aromatic heterocycles. The monoisotopic (exact) mass is 297 g/mol. The largest absolute Gasteiger partial charge is 0.314 e. The number of pyridine rings is 1. The van der Waals surface area contributed by atoms with Gasteiger partial charge in [-0.15, -0.1) is 0 Å². The van der Waals surface area contributed by atoms with Crippen LogP contribution < -0.4 is 10.0 Å². The van der Waals surface area contributed by atoms with E-state index >= 15 is 0 Å². The summed E-state index contributed by atoms with van der Waals surface area (Å²) < 4.78 is 26.6. The third-order valence-corrected chi connectivity index (χ3v) is 4.70. The Hall–Kier alpha value is -1.14. The van der Waals surface area contributed by atoms with Crippen LogP contribution in [0.15, 0.2) is 12.1 Å². The molecular weight excluding hydrogens is 274 g/mol. The normalized spacial score (nSPS) is 15.3. The van der Waals surface area contributed by atoms with Crippen molar-refractivity contribution in [2.45, 2.75) is 45.6 Å². The second-order valence-corrected chi connectivity index (χ2v) is 7.28. The van der Waals surface area contributed by atoms with Gasteiger partial charge in [-0.3, -0.25) is 9.71 Å². The van der Waals surface area contributed by atoms with Gasteiger partial charge >= 0.3 is 0 Å². The number of hydrogen-bond acceptors (Lipinski definition) is 4. The van der Waals surface area contributed by atoms with Crippen LogP contribution >= 0.6 is 0 Å². The highest BCUT2D eigenvalue weighted by Gasteiger charge is 2.19. The quantitative estimate of drug-likeness (QED) is 0.720. The zero-order valence-electron chi connectivity index (χ0n) is 12.1. The molecule has 0 saturated heterocycles. The lowest BCUT2D eigenvalue weighted by Gasteiger charge is -2.10. The molecule has 0 aromatic carbocycles. The van der Waals surface area contributed by atoms with Crippen LogP contribution in [0, 0.1) is 13.8 Å². The number of unbranched alkanes of at least 4 members (excludes halogenated alkanes) is 1. The molecule has 1 aliphatic carbocycles. The first-order chi connectivity index (χ1) is 9.46. The highest BCUT2D eigenvalue weighted by Crippen LogP contribution is 2.18. The lowest BCUT2D eigenvalue weighted by Crippen LogP contribution is -2.21. The number of hydrogen-bond donors (Lipinski definition) is 2. The summed E-state index contributed by atoms with van der Waals surface area (Å²) >= 11 is 0. The van der Waals surface area contributed by atoms with Crippen LogP contribution in [0.25, 0.3) is 0 Å². The summed E-state index contributed by atoms with van der Waals surface area (Å²) in [7, 11) is -3.27. The minimum absolute atomic E-state index is 0.159. The van der Waals surface area contributed by atoms with Crippen molar-refractivity contribution < 1.29 is 8.42 Å². The van der Waals surface area contributed by atoms with Crippen molar-refractivity contribution in [1.82, 2.24) is 10.3 Å². The zero-order valence-corrected chi connectivity index (χ0v) is 13.0. The van der Waals surface area contributed by atoms with Crippen molar-refractivity contribution in [3.05, 3.63) is 23.5 Å². The lowest BCUT2D eigenvalue weighted by molar-refractivity contribution is 0.591. The molecule has 1 heterocycles. The van der Waals surface area contributed by atoms with Gasteiger partial charge in [0.1, 0.15) is 0 Å². The van der Waals surface area contributed by atoms with Crippen LogP contribution in [0.4, 0.5) is 5.69 Å². The van der Waals surface area contributed by atoms with Crippen LogP contribution in [-0.2, 0) is 10.0 Å². The Balaban J connectivity index is 1.77. The number of aromatic nitrogens is 1. The molecule has 5 nitrogen and oxygen atoms in total. The fourth-order valence-electron chi connectivity index (χ4n) is 2.02. The van der Waals surface area contributed by atoms with Crippen LogP contribution in [-0.4, -0.2) is 31.7 Å². The Morgan fingerprint density at radius 2 is 2.00 bits per heavy atom. The van der Waals surface area contributed by atoms with E-state index in [0.717, 1.165) is 18.7 Å². The van der Waals surface area contributed by atoms with Crippen LogP contribution in [0.1, 0.15) is 37.1 Å². The van der Waals surface area contributed by atoms with Crippen molar-refractivity contribution in [3.8, 4) is 0 Å². The first-order valence-electron chi connectivity index (χ1n) is 7.14. The Kier molecular flexibility index (Phi) is 4.99. The summed E-state index contributed by atoms with van der Waals surface area (Å²) in [5.74, 6) is 0.159. The molecule has 1 aliphatic rings. The predicted octanol–water partition coefficient (Wildman–Crippen LogP) is 1.97. The van der Waals surface area contributed by atoms with Gasteiger partial charge in [0.05, 0.1) is 17.1 Å². The molecule has 0 bridgehead atoms. The van der Waals surface area contributed by atoms with Crippen molar-refractivity contribution in [2.24, 2.45) is 0 Å². The topological polar surface area (TPSA) is 71.1 Å². The van der Waals surface area contributed by atoms with Crippen molar-refractivity contribution in [1.29, 1.82) is 0 Å². The molecule has 2 rings (SSSR count). The van der Waals surface area contributed by atoms with Gasteiger partial charge < -0.3 is 5.32 Å². The standard InChI is InChI=1S/C14H23N3O2S/c1-11-5-8-14(12(2)16-11)17-20(18,19)10-4-3-9-15-13-6-7-13/h5,8,13,15,17H,3-4,6-7,9-10H2,1-2H3. The van der Waals surface area contributed by atoms with E-state index in [1.54, 1.807) is 6.07 Å². The number of sulfonamides is 1. The van der Waals surface area contributed by atoms with E-state index in [9.17, 15) is 8.42 Å². The molecule has 1 fully saturated rings. The molecule has 0 spiro atoms. The smallest absolute Gasteiger partial charge is 0.232 e. The van der Waals surface area contributed by atoms with E-state index in [2.05, 4.69) is 15.0 Å². The molecular formula is C14H23N3O2S. The zero-order chi connectivity index (χ0) is 14.6. The number of rotatable bonds is 8. The van der Waals surface area contributed by atoms with Gasteiger partial charge in [0.25, 0.3) is 0 Å². The first-order valence-corrected chi connectivity index (χ1v) is 8.80. The number of anilines is 1. The summed E-state index contributed by atoms with van der Waals surface area (Å²) in [6.45, 7) is 4.61. The van der Waals surface area contributed by atoms with Gasteiger partial charge in [0.15, 0.2) is 0 Å². The molecule has 6 heteroatoms. The maximum atomic E-state index is 12.0. The Labute approximate surface area is 121 Å². The van der Waals surface area contributed by atoms with Crippen LogP contribution in [0.3, 0.4) is 0 Å². The molecule has 0 unspecified atom stereocenters. The molecule has 1 aromatic rings. The van der Waals surface area contributed by atoms with Gasteiger partial charge in [-0.2, -0.15) is 0 Å². The molecule has 0 amide bonds. The number of nitrogens with zero attached hydrogens (tertiary/aromatic N) is 1. The second kappa shape index (κ2) is 6.54. The van der Waals surface area contributed by atoms with Gasteiger partial charge in [-0.1, -0.05) is 0 Å². The molecule has 20 heavy (non-hydrogen) atoms. The van der Waals surface area contributed by atoms with E-state index in [4.69, 9.17) is 0 Å². The highest BCUT2D eigenvalue weighted by atomic mass is 32.2. The van der Waals surface area contributed by atoms with E-state index < -0.39 is 10.0 Å². The van der Waals surface area contributed by atoms with Crippen molar-refractivity contribution >= 4 is 15.7 Å². The van der Waals surface area contributed by atoms with E-state index in [0.29, 0.717) is 23.8 Å². The van der Waals surface area contributed by atoms with Gasteiger partial charge in [0.2, 0.25) is 10.0 Å². The molecule has 2 N–H and O–H groups in total. The fourth-order valence-corrected chi connectivity index (χ4v) is 3.26. The Morgan fingerprint density at radius 1 is 1.25 bits per heavy atom. The van der Waals surface area contributed by atoms with E-state index in [1.807, 2.05) is 19.9 Å². The first kappa shape index (κ1) is 15.3. The van der Waals surface area contributed by atoms with Crippen molar-refractivity contribution in [3.63, 3.8) is 0 Å². The average molecular weight is 297 g/mol. The third kappa shape index (κ3) is 5.09. The van der Waals surface area contributed by atoms with Crippen LogP contribution in [0.5, 0.6) is 0 Å². The lowest BCUT2D eigenvalue weighted by atomic mass is 10.3. The Bertz CT molecular complexity index is 554. The molecule has 0 radical (unpaired) electrons. The highest BCUT2D eigenvalue weighted by molar-refractivity contribution is 7.92. The Morgan fingerprint density at radius 3 is 2.65 bits per heavy atom. The second-order valence-electron chi connectivity index (χ2n) is 5.44. The summed E-state index contributed by atoms with van der Waals surface area (Å²) in [6.07, 6.45) is 4.09. The van der Waals surface area contributed by atoms with Gasteiger partial charge in [0, 0.05) is 11.7 Å².